The molecular weight excluding hydrogens is 447 g/mol. The van der Waals surface area contributed by atoms with Gasteiger partial charge in [-0.3, -0.25) is 9.13 Å². The van der Waals surface area contributed by atoms with Crippen LogP contribution in [0.4, 0.5) is 11.5 Å². The zero-order valence-electron chi connectivity index (χ0n) is 19.3. The monoisotopic (exact) mass is 478 g/mol. The predicted molar refractivity (Wildman–Crippen MR) is 138 cm³/mol. The molecule has 0 radical (unpaired) electrons. The lowest BCUT2D eigenvalue weighted by atomic mass is 9.79. The van der Waals surface area contributed by atoms with Crippen molar-refractivity contribution in [1.82, 2.24) is 9.55 Å². The lowest BCUT2D eigenvalue weighted by Gasteiger charge is -2.29. The second-order valence-corrected chi connectivity index (χ2v) is 10.5. The smallest absolute Gasteiger partial charge is 0.325 e. The van der Waals surface area contributed by atoms with Crippen molar-refractivity contribution in [2.75, 3.05) is 11.5 Å². The highest BCUT2D eigenvalue weighted by Gasteiger charge is 2.27. The van der Waals surface area contributed by atoms with Crippen LogP contribution in [-0.2, 0) is 4.57 Å². The third-order valence-electron chi connectivity index (χ3n) is 6.33. The van der Waals surface area contributed by atoms with E-state index in [2.05, 4.69) is 46.1 Å². The van der Waals surface area contributed by atoms with Gasteiger partial charge in [-0.25, -0.2) is 9.98 Å². The summed E-state index contributed by atoms with van der Waals surface area (Å²) < 4.78 is 13.3. The molecule has 2 aromatic carbocycles. The Bertz CT molecular complexity index is 1190. The Morgan fingerprint density at radius 2 is 1.82 bits per heavy atom. The fourth-order valence-electron chi connectivity index (χ4n) is 4.67. The topological polar surface area (TPSA) is 99.7 Å². The largest absolute Gasteiger partial charge is 0.354 e. The Labute approximate surface area is 200 Å². The fourth-order valence-corrected chi connectivity index (χ4v) is 5.70. The van der Waals surface area contributed by atoms with Gasteiger partial charge in [0, 0.05) is 17.6 Å². The number of benzene rings is 2. The molecule has 0 bridgehead atoms. The first-order chi connectivity index (χ1) is 16.3. The van der Waals surface area contributed by atoms with Crippen molar-refractivity contribution in [2.24, 2.45) is 10.9 Å². The lowest BCUT2D eigenvalue weighted by Crippen LogP contribution is -2.16. The number of para-hydroxylation sites is 1. The van der Waals surface area contributed by atoms with Crippen molar-refractivity contribution < 1.29 is 14.4 Å². The molecule has 178 valence electrons. The highest BCUT2D eigenvalue weighted by molar-refractivity contribution is 7.51. The van der Waals surface area contributed by atoms with Crippen LogP contribution in [0.15, 0.2) is 72.5 Å². The first-order valence-electron chi connectivity index (χ1n) is 11.6. The van der Waals surface area contributed by atoms with Gasteiger partial charge >= 0.3 is 7.60 Å². The van der Waals surface area contributed by atoms with Crippen LogP contribution in [0.25, 0.3) is 11.4 Å². The molecule has 3 aromatic rings. The molecular formula is C26H31N4O3P. The average molecular weight is 479 g/mol. The molecule has 0 saturated heterocycles. The molecule has 0 atom stereocenters. The van der Waals surface area contributed by atoms with Gasteiger partial charge in [0.2, 0.25) is 0 Å². The van der Waals surface area contributed by atoms with E-state index in [4.69, 9.17) is 0 Å². The standard InChI is InChI=1S/C26H31N4O3P/c1-3-27-26-25(19(2)29-23-7-5-4-6-8-23)28-18-30(26)24-15-13-22(14-16-24)21-11-9-20(10-12-21)17-34(31,32)33/h3-8,13-16,18,20-21,29H,2,9-12,17H2,1H3,(H2,31,32,33). The van der Waals surface area contributed by atoms with Crippen molar-refractivity contribution in [3.05, 3.63) is 78.8 Å². The molecule has 0 unspecified atom stereocenters. The van der Waals surface area contributed by atoms with E-state index in [1.54, 1.807) is 12.5 Å². The molecule has 1 heterocycles. The van der Waals surface area contributed by atoms with E-state index in [0.29, 0.717) is 23.1 Å². The maximum absolute atomic E-state index is 11.3. The number of nitrogens with one attached hydrogen (secondary N) is 1. The number of hydrogen-bond acceptors (Lipinski definition) is 4. The Hall–Kier alpha value is -2.99. The summed E-state index contributed by atoms with van der Waals surface area (Å²) >= 11 is 0. The third-order valence-corrected chi connectivity index (χ3v) is 7.33. The Balaban J connectivity index is 1.48. The summed E-state index contributed by atoms with van der Waals surface area (Å²) in [5.41, 5.74) is 4.53. The van der Waals surface area contributed by atoms with E-state index < -0.39 is 7.60 Å². The van der Waals surface area contributed by atoms with Crippen LogP contribution in [0.5, 0.6) is 0 Å². The van der Waals surface area contributed by atoms with Gasteiger partial charge in [-0.2, -0.15) is 0 Å². The van der Waals surface area contributed by atoms with E-state index in [1.165, 1.54) is 5.56 Å². The number of aliphatic imine (C=N–C) groups is 1. The minimum Gasteiger partial charge on any atom is -0.354 e. The van der Waals surface area contributed by atoms with E-state index in [-0.39, 0.29) is 12.1 Å². The molecule has 7 nitrogen and oxygen atoms in total. The number of anilines is 1. The molecule has 0 aliphatic heterocycles. The zero-order valence-corrected chi connectivity index (χ0v) is 20.2. The van der Waals surface area contributed by atoms with Gasteiger partial charge in [-0.15, -0.1) is 0 Å². The van der Waals surface area contributed by atoms with Crippen LogP contribution >= 0.6 is 7.60 Å². The van der Waals surface area contributed by atoms with Crippen LogP contribution in [0.2, 0.25) is 0 Å². The fraction of sp³-hybridized carbons (Fsp3) is 0.308. The molecule has 0 amide bonds. The van der Waals surface area contributed by atoms with Gasteiger partial charge < -0.3 is 15.1 Å². The van der Waals surface area contributed by atoms with Crippen LogP contribution in [0.3, 0.4) is 0 Å². The number of rotatable bonds is 8. The van der Waals surface area contributed by atoms with Crippen molar-refractivity contribution >= 4 is 31.0 Å². The minimum atomic E-state index is -3.93. The van der Waals surface area contributed by atoms with Crippen molar-refractivity contribution in [3.8, 4) is 5.69 Å². The molecule has 1 fully saturated rings. The molecule has 34 heavy (non-hydrogen) atoms. The number of aromatic nitrogens is 2. The molecule has 1 saturated carbocycles. The van der Waals surface area contributed by atoms with Gasteiger partial charge in [-0.05, 0) is 74.3 Å². The van der Waals surface area contributed by atoms with Gasteiger partial charge in [0.25, 0.3) is 0 Å². The van der Waals surface area contributed by atoms with Crippen molar-refractivity contribution in [1.29, 1.82) is 0 Å². The van der Waals surface area contributed by atoms with Gasteiger partial charge in [0.1, 0.15) is 12.0 Å². The van der Waals surface area contributed by atoms with E-state index in [1.807, 2.05) is 41.8 Å². The summed E-state index contributed by atoms with van der Waals surface area (Å²) in [5.74, 6) is 1.25. The van der Waals surface area contributed by atoms with Gasteiger partial charge in [0.05, 0.1) is 11.9 Å². The zero-order chi connectivity index (χ0) is 24.1. The van der Waals surface area contributed by atoms with Gasteiger partial charge in [-0.1, -0.05) is 36.9 Å². The first kappa shape index (κ1) is 24.1. The van der Waals surface area contributed by atoms with Crippen LogP contribution < -0.4 is 5.32 Å². The minimum absolute atomic E-state index is 0.00671. The third kappa shape index (κ3) is 5.92. The van der Waals surface area contributed by atoms with E-state index in [9.17, 15) is 14.4 Å². The summed E-state index contributed by atoms with van der Waals surface area (Å²) in [6.45, 7) is 6.04. The van der Waals surface area contributed by atoms with Crippen molar-refractivity contribution in [2.45, 2.75) is 38.5 Å². The van der Waals surface area contributed by atoms with E-state index >= 15 is 0 Å². The summed E-state index contributed by atoms with van der Waals surface area (Å²) in [4.78, 5) is 27.6. The summed E-state index contributed by atoms with van der Waals surface area (Å²) in [7, 11) is -3.93. The normalized spacial score (nSPS) is 18.8. The van der Waals surface area contributed by atoms with Crippen LogP contribution in [0, 0.1) is 5.92 Å². The summed E-state index contributed by atoms with van der Waals surface area (Å²) in [6, 6.07) is 18.3. The van der Waals surface area contributed by atoms with Crippen LogP contribution in [-0.4, -0.2) is 31.7 Å². The lowest BCUT2D eigenvalue weighted by molar-refractivity contribution is 0.316. The number of nitrogens with zero attached hydrogens (tertiary/aromatic N) is 3. The Morgan fingerprint density at radius 1 is 1.15 bits per heavy atom. The number of hydrogen-bond donors (Lipinski definition) is 3. The number of imidazole rings is 1. The summed E-state index contributed by atoms with van der Waals surface area (Å²) in [5, 5.41) is 3.30. The summed E-state index contributed by atoms with van der Waals surface area (Å²) in [6.07, 6.45) is 7.13. The maximum Gasteiger partial charge on any atom is 0.325 e. The highest BCUT2D eigenvalue weighted by Crippen LogP contribution is 2.44. The van der Waals surface area contributed by atoms with Crippen LogP contribution in [0.1, 0.15) is 49.8 Å². The molecule has 3 N–H and O–H groups in total. The molecule has 1 aromatic heterocycles. The Morgan fingerprint density at radius 3 is 2.44 bits per heavy atom. The first-order valence-corrected chi connectivity index (χ1v) is 13.4. The maximum atomic E-state index is 11.3. The SMILES string of the molecule is C=C(Nc1ccccc1)c1ncn(-c2ccc(C3CCC(CP(=O)(O)O)CC3)cc2)c1N=CC. The Kier molecular flexibility index (Phi) is 7.47. The predicted octanol–water partition coefficient (Wildman–Crippen LogP) is 6.13. The molecule has 1 aliphatic rings. The van der Waals surface area contributed by atoms with E-state index in [0.717, 1.165) is 37.1 Å². The molecule has 4 rings (SSSR count). The average Bonchev–Trinajstić information content (AvgIpc) is 3.23. The second kappa shape index (κ2) is 10.5. The quantitative estimate of drug-likeness (QED) is 0.267. The van der Waals surface area contributed by atoms with Gasteiger partial charge in [0.15, 0.2) is 5.82 Å². The second-order valence-electron chi connectivity index (χ2n) is 8.80. The van der Waals surface area contributed by atoms with Crippen molar-refractivity contribution in [3.63, 3.8) is 0 Å². The highest BCUT2D eigenvalue weighted by atomic mass is 31.2. The molecule has 8 heteroatoms. The molecule has 1 aliphatic carbocycles. The molecule has 0 spiro atoms.